The van der Waals surface area contributed by atoms with Gasteiger partial charge in [0.15, 0.2) is 12.4 Å². The quantitative estimate of drug-likeness (QED) is 0.443. The Morgan fingerprint density at radius 3 is 2.38 bits per heavy atom. The summed E-state index contributed by atoms with van der Waals surface area (Å²) < 4.78 is 31.9. The van der Waals surface area contributed by atoms with Crippen molar-refractivity contribution in [2.45, 2.75) is 56.9 Å². The topological polar surface area (TPSA) is 110 Å². The van der Waals surface area contributed by atoms with Crippen molar-refractivity contribution < 1.29 is 22.9 Å². The van der Waals surface area contributed by atoms with E-state index < -0.39 is 20.6 Å². The molecular weight excluding hydrogens is 398 g/mol. The van der Waals surface area contributed by atoms with Crippen LogP contribution in [0.15, 0.2) is 23.1 Å². The van der Waals surface area contributed by atoms with Crippen molar-refractivity contribution in [3.63, 3.8) is 0 Å². The molecule has 0 bridgehead atoms. The van der Waals surface area contributed by atoms with Gasteiger partial charge < -0.3 is 9.64 Å². The third-order valence-corrected chi connectivity index (χ3v) is 7.38. The maximum Gasteiger partial charge on any atom is 0.312 e. The van der Waals surface area contributed by atoms with Crippen LogP contribution in [0.4, 0.5) is 5.69 Å². The van der Waals surface area contributed by atoms with Gasteiger partial charge in [-0.3, -0.25) is 14.9 Å². The molecule has 0 saturated heterocycles. The minimum absolute atomic E-state index is 0.126. The van der Waals surface area contributed by atoms with Gasteiger partial charge in [-0.2, -0.15) is 4.31 Å². The molecule has 1 aliphatic carbocycles. The fourth-order valence-corrected chi connectivity index (χ4v) is 5.03. The highest BCUT2D eigenvalue weighted by Crippen LogP contribution is 2.31. The minimum Gasteiger partial charge on any atom is -0.477 e. The first kappa shape index (κ1) is 23.1. The van der Waals surface area contributed by atoms with Gasteiger partial charge in [-0.05, 0) is 25.0 Å². The fraction of sp³-hybridized carbons (Fsp3) is 0.632. The molecule has 0 heterocycles. The molecule has 0 spiro atoms. The van der Waals surface area contributed by atoms with Crippen LogP contribution in [0, 0.1) is 10.1 Å². The van der Waals surface area contributed by atoms with Gasteiger partial charge in [0, 0.05) is 32.2 Å². The summed E-state index contributed by atoms with van der Waals surface area (Å²) in [6.45, 7) is 3.57. The lowest BCUT2D eigenvalue weighted by Crippen LogP contribution is -2.40. The van der Waals surface area contributed by atoms with E-state index in [9.17, 15) is 23.3 Å². The molecule has 9 nitrogen and oxygen atoms in total. The third kappa shape index (κ3) is 5.45. The van der Waals surface area contributed by atoms with E-state index in [4.69, 9.17) is 4.74 Å². The largest absolute Gasteiger partial charge is 0.477 e. The standard InChI is InChI=1S/C19H29N3O6S/c1-4-21(5-2)29(26,27)16-11-12-18(17(13-16)22(24)25)28-14-19(23)20(3)15-9-7-6-8-10-15/h11-13,15H,4-10,14H2,1-3H3. The van der Waals surface area contributed by atoms with Crippen molar-refractivity contribution in [1.29, 1.82) is 0 Å². The van der Waals surface area contributed by atoms with Crippen molar-refractivity contribution in [1.82, 2.24) is 9.21 Å². The highest BCUT2D eigenvalue weighted by Gasteiger charge is 2.27. The first-order valence-electron chi connectivity index (χ1n) is 9.89. The number of rotatable bonds is 9. The minimum atomic E-state index is -3.84. The molecule has 1 aliphatic rings. The van der Waals surface area contributed by atoms with E-state index >= 15 is 0 Å². The van der Waals surface area contributed by atoms with Crippen LogP contribution in [0.3, 0.4) is 0 Å². The van der Waals surface area contributed by atoms with Gasteiger partial charge in [-0.25, -0.2) is 8.42 Å². The molecule has 0 radical (unpaired) electrons. The van der Waals surface area contributed by atoms with E-state index in [0.29, 0.717) is 0 Å². The molecule has 29 heavy (non-hydrogen) atoms. The first-order chi connectivity index (χ1) is 13.7. The third-order valence-electron chi connectivity index (χ3n) is 5.34. The number of likely N-dealkylation sites (N-methyl/N-ethyl adjacent to an activating group) is 1. The lowest BCUT2D eigenvalue weighted by molar-refractivity contribution is -0.386. The van der Waals surface area contributed by atoms with Crippen molar-refractivity contribution >= 4 is 21.6 Å². The predicted octanol–water partition coefficient (Wildman–Crippen LogP) is 2.80. The Labute approximate surface area is 171 Å². The average Bonchev–Trinajstić information content (AvgIpc) is 2.72. The molecule has 1 fully saturated rings. The number of ether oxygens (including phenoxy) is 1. The van der Waals surface area contributed by atoms with Gasteiger partial charge in [-0.1, -0.05) is 33.1 Å². The van der Waals surface area contributed by atoms with Crippen LogP contribution in [0.2, 0.25) is 0 Å². The molecule has 1 aromatic carbocycles. The lowest BCUT2D eigenvalue weighted by Gasteiger charge is -2.31. The summed E-state index contributed by atoms with van der Waals surface area (Å²) in [5.74, 6) is -0.384. The molecule has 0 aliphatic heterocycles. The molecule has 162 valence electrons. The molecule has 0 N–H and O–H groups in total. The number of carbonyl (C=O) groups is 1. The number of nitrogens with zero attached hydrogens (tertiary/aromatic N) is 3. The number of benzene rings is 1. The van der Waals surface area contributed by atoms with Gasteiger partial charge in [0.2, 0.25) is 10.0 Å². The maximum absolute atomic E-state index is 12.6. The van der Waals surface area contributed by atoms with E-state index in [2.05, 4.69) is 0 Å². The highest BCUT2D eigenvalue weighted by molar-refractivity contribution is 7.89. The average molecular weight is 428 g/mol. The van der Waals surface area contributed by atoms with Gasteiger partial charge in [0.05, 0.1) is 9.82 Å². The number of amides is 1. The van der Waals surface area contributed by atoms with Crippen LogP contribution < -0.4 is 4.74 Å². The van der Waals surface area contributed by atoms with Crippen LogP contribution >= 0.6 is 0 Å². The molecular formula is C19H29N3O6S. The Hall–Kier alpha value is -2.20. The molecule has 1 amide bonds. The smallest absolute Gasteiger partial charge is 0.312 e. The van der Waals surface area contributed by atoms with E-state index in [-0.39, 0.29) is 42.3 Å². The number of hydrogen-bond acceptors (Lipinski definition) is 6. The number of sulfonamides is 1. The molecule has 10 heteroatoms. The second-order valence-corrected chi connectivity index (χ2v) is 9.00. The van der Waals surface area contributed by atoms with Crippen LogP contribution in [0.25, 0.3) is 0 Å². The predicted molar refractivity (Wildman–Crippen MR) is 108 cm³/mol. The number of nitro benzene ring substituents is 1. The van der Waals surface area contributed by atoms with E-state index in [0.717, 1.165) is 31.7 Å². The van der Waals surface area contributed by atoms with Gasteiger partial charge >= 0.3 is 5.69 Å². The number of nitro groups is 1. The summed E-state index contributed by atoms with van der Waals surface area (Å²) >= 11 is 0. The van der Waals surface area contributed by atoms with Gasteiger partial charge in [-0.15, -0.1) is 0 Å². The number of carbonyl (C=O) groups excluding carboxylic acids is 1. The highest BCUT2D eigenvalue weighted by atomic mass is 32.2. The van der Waals surface area contributed by atoms with Crippen LogP contribution in [-0.4, -0.2) is 61.2 Å². The molecule has 0 unspecified atom stereocenters. The van der Waals surface area contributed by atoms with Crippen molar-refractivity contribution in [3.05, 3.63) is 28.3 Å². The summed E-state index contributed by atoms with van der Waals surface area (Å²) in [6, 6.07) is 3.66. The Balaban J connectivity index is 2.16. The second-order valence-electron chi connectivity index (χ2n) is 7.06. The van der Waals surface area contributed by atoms with Crippen molar-refractivity contribution in [3.8, 4) is 5.75 Å². The summed E-state index contributed by atoms with van der Waals surface area (Å²) in [5.41, 5.74) is -0.480. The van der Waals surface area contributed by atoms with Gasteiger partial charge in [0.25, 0.3) is 5.91 Å². The monoisotopic (exact) mass is 427 g/mol. The zero-order valence-corrected chi connectivity index (χ0v) is 18.0. The normalized spacial score (nSPS) is 15.3. The van der Waals surface area contributed by atoms with E-state index in [1.54, 1.807) is 25.8 Å². The lowest BCUT2D eigenvalue weighted by atomic mass is 9.94. The Morgan fingerprint density at radius 1 is 1.21 bits per heavy atom. The number of hydrogen-bond donors (Lipinski definition) is 0. The van der Waals surface area contributed by atoms with Crippen LogP contribution in [0.1, 0.15) is 46.0 Å². The van der Waals surface area contributed by atoms with Crippen molar-refractivity contribution in [2.24, 2.45) is 0 Å². The van der Waals surface area contributed by atoms with Gasteiger partial charge in [0.1, 0.15) is 0 Å². The second kappa shape index (κ2) is 10.0. The SMILES string of the molecule is CCN(CC)S(=O)(=O)c1ccc(OCC(=O)N(C)C2CCCCC2)c([N+](=O)[O-])c1. The molecule has 2 rings (SSSR count). The van der Waals surface area contributed by atoms with E-state index in [1.807, 2.05) is 0 Å². The summed E-state index contributed by atoms with van der Waals surface area (Å²) in [5, 5.41) is 11.5. The molecule has 0 atom stereocenters. The molecule has 1 saturated carbocycles. The molecule has 0 aromatic heterocycles. The summed E-state index contributed by atoms with van der Waals surface area (Å²) in [4.78, 5) is 24.6. The first-order valence-corrected chi connectivity index (χ1v) is 11.3. The maximum atomic E-state index is 12.6. The van der Waals surface area contributed by atoms with Crippen LogP contribution in [0.5, 0.6) is 5.75 Å². The van der Waals surface area contributed by atoms with Crippen LogP contribution in [-0.2, 0) is 14.8 Å². The zero-order chi connectivity index (χ0) is 21.6. The van der Waals surface area contributed by atoms with E-state index in [1.165, 1.54) is 22.9 Å². The molecule has 1 aromatic rings. The van der Waals surface area contributed by atoms with Crippen molar-refractivity contribution in [2.75, 3.05) is 26.7 Å². The zero-order valence-electron chi connectivity index (χ0n) is 17.2. The summed E-state index contributed by atoms with van der Waals surface area (Å²) in [7, 11) is -2.12. The Kier molecular flexibility index (Phi) is 7.97. The Bertz CT molecular complexity index is 832. The fourth-order valence-electron chi connectivity index (χ4n) is 3.55. The summed E-state index contributed by atoms with van der Waals surface area (Å²) in [6.07, 6.45) is 5.22. The Morgan fingerprint density at radius 2 is 1.83 bits per heavy atom.